The molecule has 3 rings (SSSR count). The number of nitrogens with zero attached hydrogens (tertiary/aromatic N) is 1. The number of ether oxygens (including phenoxy) is 2. The Morgan fingerprint density at radius 2 is 2.24 bits per heavy atom. The summed E-state index contributed by atoms with van der Waals surface area (Å²) in [6.45, 7) is 0.884. The van der Waals surface area contributed by atoms with Crippen LogP contribution in [0.25, 0.3) is 0 Å². The van der Waals surface area contributed by atoms with Crippen LogP contribution < -0.4 is 20.5 Å². The number of para-hydroxylation sites is 1. The van der Waals surface area contributed by atoms with E-state index in [1.54, 1.807) is 18.3 Å². The topological polar surface area (TPSA) is 86.5 Å². The molecule has 0 saturated carbocycles. The van der Waals surface area contributed by atoms with Gasteiger partial charge in [-0.1, -0.05) is 12.1 Å². The number of rotatable bonds is 4. The average Bonchev–Trinajstić information content (AvgIpc) is 3.01. The first-order valence-electron chi connectivity index (χ1n) is 6.58. The van der Waals surface area contributed by atoms with Crippen LogP contribution in [0.2, 0.25) is 0 Å². The standard InChI is InChI=1S/C15H15N3O3/c16-7-12-6-10(4-5-17-12)15(19)18-8-11-2-1-3-13-14(11)21-9-20-13/h1-6H,7-9,16H2,(H,18,19). The van der Waals surface area contributed by atoms with E-state index in [0.717, 1.165) is 5.56 Å². The fraction of sp³-hybridized carbons (Fsp3) is 0.200. The Morgan fingerprint density at radius 3 is 3.10 bits per heavy atom. The summed E-state index contributed by atoms with van der Waals surface area (Å²) >= 11 is 0. The molecule has 2 aromatic rings. The van der Waals surface area contributed by atoms with Crippen LogP contribution in [0.5, 0.6) is 11.5 Å². The predicted octanol–water partition coefficient (Wildman–Crippen LogP) is 1.20. The molecule has 0 spiro atoms. The Hall–Kier alpha value is -2.60. The zero-order valence-electron chi connectivity index (χ0n) is 11.3. The van der Waals surface area contributed by atoms with Crippen molar-refractivity contribution >= 4 is 5.91 Å². The second kappa shape index (κ2) is 5.80. The zero-order chi connectivity index (χ0) is 14.7. The lowest BCUT2D eigenvalue weighted by atomic mass is 10.1. The number of benzene rings is 1. The van der Waals surface area contributed by atoms with Crippen LogP contribution in [-0.4, -0.2) is 17.7 Å². The smallest absolute Gasteiger partial charge is 0.251 e. The molecular weight excluding hydrogens is 270 g/mol. The number of nitrogens with two attached hydrogens (primary N) is 1. The summed E-state index contributed by atoms with van der Waals surface area (Å²) in [6, 6.07) is 8.94. The molecule has 108 valence electrons. The normalized spacial score (nSPS) is 12.2. The van der Waals surface area contributed by atoms with Crippen LogP contribution in [0, 0.1) is 0 Å². The van der Waals surface area contributed by atoms with E-state index >= 15 is 0 Å². The number of hydrogen-bond donors (Lipinski definition) is 2. The van der Waals surface area contributed by atoms with Crippen LogP contribution in [0.15, 0.2) is 36.5 Å². The summed E-state index contributed by atoms with van der Waals surface area (Å²) in [5.74, 6) is 1.22. The Balaban J connectivity index is 1.70. The minimum atomic E-state index is -0.177. The maximum Gasteiger partial charge on any atom is 0.251 e. The molecular formula is C15H15N3O3. The molecule has 0 fully saturated rings. The first kappa shape index (κ1) is 13.4. The molecule has 6 heteroatoms. The zero-order valence-corrected chi connectivity index (χ0v) is 11.3. The van der Waals surface area contributed by atoms with Gasteiger partial charge in [-0.05, 0) is 18.2 Å². The van der Waals surface area contributed by atoms with Gasteiger partial charge in [-0.25, -0.2) is 0 Å². The molecule has 1 aliphatic heterocycles. The number of nitrogens with one attached hydrogen (secondary N) is 1. The highest BCUT2D eigenvalue weighted by atomic mass is 16.7. The number of fused-ring (bicyclic) bond motifs is 1. The van der Waals surface area contributed by atoms with Crippen molar-refractivity contribution in [3.63, 3.8) is 0 Å². The van der Waals surface area contributed by atoms with E-state index in [4.69, 9.17) is 15.2 Å². The Morgan fingerprint density at radius 1 is 1.33 bits per heavy atom. The van der Waals surface area contributed by atoms with Crippen molar-refractivity contribution in [1.29, 1.82) is 0 Å². The molecule has 0 aliphatic carbocycles. The number of carbonyl (C=O) groups is 1. The predicted molar refractivity (Wildman–Crippen MR) is 75.9 cm³/mol. The lowest BCUT2D eigenvalue weighted by Gasteiger charge is -2.08. The Kier molecular flexibility index (Phi) is 3.70. The van der Waals surface area contributed by atoms with Gasteiger partial charge < -0.3 is 20.5 Å². The average molecular weight is 285 g/mol. The molecule has 1 aromatic carbocycles. The Bertz CT molecular complexity index is 673. The first-order chi connectivity index (χ1) is 10.3. The summed E-state index contributed by atoms with van der Waals surface area (Å²) in [5.41, 5.74) is 7.62. The molecule has 0 saturated heterocycles. The lowest BCUT2D eigenvalue weighted by molar-refractivity contribution is 0.0950. The van der Waals surface area contributed by atoms with Crippen molar-refractivity contribution in [3.05, 3.63) is 53.3 Å². The second-order valence-corrected chi connectivity index (χ2v) is 4.57. The highest BCUT2D eigenvalue weighted by Crippen LogP contribution is 2.35. The minimum absolute atomic E-state index is 0.177. The number of pyridine rings is 1. The van der Waals surface area contributed by atoms with Gasteiger partial charge in [0.25, 0.3) is 5.91 Å². The van der Waals surface area contributed by atoms with Crippen molar-refractivity contribution in [3.8, 4) is 11.5 Å². The van der Waals surface area contributed by atoms with Crippen LogP contribution >= 0.6 is 0 Å². The molecule has 21 heavy (non-hydrogen) atoms. The van der Waals surface area contributed by atoms with Gasteiger partial charge in [0.1, 0.15) is 0 Å². The van der Waals surface area contributed by atoms with E-state index in [1.165, 1.54) is 0 Å². The molecule has 0 radical (unpaired) electrons. The third-order valence-electron chi connectivity index (χ3n) is 3.21. The summed E-state index contributed by atoms with van der Waals surface area (Å²) in [4.78, 5) is 16.2. The second-order valence-electron chi connectivity index (χ2n) is 4.57. The monoisotopic (exact) mass is 285 g/mol. The molecule has 0 atom stereocenters. The molecule has 1 aliphatic rings. The van der Waals surface area contributed by atoms with Gasteiger partial charge in [0.15, 0.2) is 11.5 Å². The number of aromatic nitrogens is 1. The minimum Gasteiger partial charge on any atom is -0.454 e. The molecule has 2 heterocycles. The van der Waals surface area contributed by atoms with Crippen molar-refractivity contribution in [2.75, 3.05) is 6.79 Å². The largest absolute Gasteiger partial charge is 0.454 e. The molecule has 0 unspecified atom stereocenters. The molecule has 3 N–H and O–H groups in total. The maximum atomic E-state index is 12.1. The van der Waals surface area contributed by atoms with Gasteiger partial charge in [0, 0.05) is 30.4 Å². The lowest BCUT2D eigenvalue weighted by Crippen LogP contribution is -2.23. The van der Waals surface area contributed by atoms with Gasteiger partial charge in [-0.3, -0.25) is 9.78 Å². The van der Waals surface area contributed by atoms with Crippen LogP contribution in [0.1, 0.15) is 21.6 Å². The fourth-order valence-electron chi connectivity index (χ4n) is 2.14. The van der Waals surface area contributed by atoms with E-state index in [2.05, 4.69) is 10.3 Å². The van der Waals surface area contributed by atoms with Gasteiger partial charge in [-0.15, -0.1) is 0 Å². The SMILES string of the molecule is NCc1cc(C(=O)NCc2cccc3c2OCO3)ccn1. The molecule has 1 aromatic heterocycles. The van der Waals surface area contributed by atoms with Crippen molar-refractivity contribution < 1.29 is 14.3 Å². The summed E-state index contributed by atoms with van der Waals surface area (Å²) in [6.07, 6.45) is 1.58. The van der Waals surface area contributed by atoms with Crippen LogP contribution in [0.3, 0.4) is 0 Å². The number of hydrogen-bond acceptors (Lipinski definition) is 5. The van der Waals surface area contributed by atoms with Crippen molar-refractivity contribution in [1.82, 2.24) is 10.3 Å². The van der Waals surface area contributed by atoms with Gasteiger partial charge in [0.05, 0.1) is 5.69 Å². The first-order valence-corrected chi connectivity index (χ1v) is 6.58. The van der Waals surface area contributed by atoms with Gasteiger partial charge >= 0.3 is 0 Å². The highest BCUT2D eigenvalue weighted by Gasteiger charge is 2.17. The summed E-state index contributed by atoms with van der Waals surface area (Å²) in [5, 5.41) is 2.85. The van der Waals surface area contributed by atoms with Crippen LogP contribution in [-0.2, 0) is 13.1 Å². The quantitative estimate of drug-likeness (QED) is 0.881. The fourth-order valence-corrected chi connectivity index (χ4v) is 2.14. The van der Waals surface area contributed by atoms with E-state index in [-0.39, 0.29) is 12.7 Å². The molecule has 0 bridgehead atoms. The number of carbonyl (C=O) groups excluding carboxylic acids is 1. The Labute approximate surface area is 121 Å². The number of amides is 1. The maximum absolute atomic E-state index is 12.1. The highest BCUT2D eigenvalue weighted by molar-refractivity contribution is 5.94. The molecule has 6 nitrogen and oxygen atoms in total. The van der Waals surface area contributed by atoms with Crippen molar-refractivity contribution in [2.24, 2.45) is 5.73 Å². The van der Waals surface area contributed by atoms with E-state index in [9.17, 15) is 4.79 Å². The molecule has 1 amide bonds. The summed E-state index contributed by atoms with van der Waals surface area (Å²) in [7, 11) is 0. The third-order valence-corrected chi connectivity index (χ3v) is 3.21. The van der Waals surface area contributed by atoms with Gasteiger partial charge in [-0.2, -0.15) is 0 Å². The van der Waals surface area contributed by atoms with Crippen LogP contribution in [0.4, 0.5) is 0 Å². The van der Waals surface area contributed by atoms with Crippen molar-refractivity contribution in [2.45, 2.75) is 13.1 Å². The van der Waals surface area contributed by atoms with E-state index in [0.29, 0.717) is 35.8 Å². The van der Waals surface area contributed by atoms with E-state index in [1.807, 2.05) is 18.2 Å². The third kappa shape index (κ3) is 2.80. The summed E-state index contributed by atoms with van der Waals surface area (Å²) < 4.78 is 10.7. The van der Waals surface area contributed by atoms with E-state index < -0.39 is 0 Å². The van der Waals surface area contributed by atoms with Gasteiger partial charge in [0.2, 0.25) is 6.79 Å².